The molecule has 0 aromatic heterocycles. The fraction of sp³-hybridized carbons (Fsp3) is 0.318. The lowest BCUT2D eigenvalue weighted by Crippen LogP contribution is -2.41. The van der Waals surface area contributed by atoms with Crippen molar-refractivity contribution < 1.29 is 23.5 Å². The number of carbonyl (C=O) groups excluding carboxylic acids is 3. The van der Waals surface area contributed by atoms with Gasteiger partial charge >= 0.3 is 5.97 Å². The maximum atomic E-state index is 13.0. The summed E-state index contributed by atoms with van der Waals surface area (Å²) in [6, 6.07) is 12.2. The average molecular weight is 398 g/mol. The highest BCUT2D eigenvalue weighted by Gasteiger charge is 2.28. The monoisotopic (exact) mass is 398 g/mol. The summed E-state index contributed by atoms with van der Waals surface area (Å²) in [7, 11) is 0. The lowest BCUT2D eigenvalue weighted by atomic mass is 9.95. The van der Waals surface area contributed by atoms with E-state index in [2.05, 4.69) is 5.32 Å². The van der Waals surface area contributed by atoms with Crippen molar-refractivity contribution in [2.24, 2.45) is 5.92 Å². The first-order valence-corrected chi connectivity index (χ1v) is 9.61. The third-order valence-corrected chi connectivity index (χ3v) is 4.92. The number of para-hydroxylation sites is 1. The summed E-state index contributed by atoms with van der Waals surface area (Å²) in [6.07, 6.45) is 1.03. The van der Waals surface area contributed by atoms with Crippen LogP contribution in [-0.4, -0.2) is 42.4 Å². The van der Waals surface area contributed by atoms with Gasteiger partial charge in [-0.3, -0.25) is 9.59 Å². The van der Waals surface area contributed by atoms with Gasteiger partial charge in [-0.25, -0.2) is 9.18 Å². The molecule has 0 unspecified atom stereocenters. The number of ether oxygens (including phenoxy) is 1. The van der Waals surface area contributed by atoms with Crippen LogP contribution in [0.4, 0.5) is 10.1 Å². The van der Waals surface area contributed by atoms with E-state index in [1.165, 1.54) is 24.3 Å². The number of halogens is 1. The molecule has 0 aliphatic carbocycles. The second kappa shape index (κ2) is 9.32. The van der Waals surface area contributed by atoms with Crippen molar-refractivity contribution >= 4 is 23.5 Å². The molecule has 0 atom stereocenters. The van der Waals surface area contributed by atoms with E-state index in [1.807, 2.05) is 0 Å². The first-order chi connectivity index (χ1) is 14.0. The molecular formula is C22H23FN2O4. The molecule has 3 rings (SSSR count). The van der Waals surface area contributed by atoms with Gasteiger partial charge in [-0.05, 0) is 56.2 Å². The molecule has 0 radical (unpaired) electrons. The number of nitrogens with zero attached hydrogens (tertiary/aromatic N) is 1. The number of esters is 1. The van der Waals surface area contributed by atoms with Crippen LogP contribution < -0.4 is 5.32 Å². The Labute approximate surface area is 168 Å². The molecule has 1 heterocycles. The average Bonchev–Trinajstić information content (AvgIpc) is 2.74. The van der Waals surface area contributed by atoms with E-state index in [9.17, 15) is 18.8 Å². The van der Waals surface area contributed by atoms with Gasteiger partial charge in [0.2, 0.25) is 5.91 Å². The van der Waals surface area contributed by atoms with Crippen LogP contribution in [0.15, 0.2) is 48.5 Å². The molecule has 6 nitrogen and oxygen atoms in total. The molecule has 2 aromatic rings. The van der Waals surface area contributed by atoms with Crippen molar-refractivity contribution in [1.29, 1.82) is 0 Å². The van der Waals surface area contributed by atoms with Gasteiger partial charge in [0.05, 0.1) is 17.9 Å². The number of anilines is 1. The molecule has 152 valence electrons. The molecule has 1 aliphatic heterocycles. The fourth-order valence-electron chi connectivity index (χ4n) is 3.33. The van der Waals surface area contributed by atoms with E-state index in [0.29, 0.717) is 42.7 Å². The summed E-state index contributed by atoms with van der Waals surface area (Å²) in [5.74, 6) is -1.49. The number of amides is 2. The molecule has 0 bridgehead atoms. The first-order valence-electron chi connectivity index (χ1n) is 9.61. The molecule has 1 aliphatic rings. The zero-order valence-electron chi connectivity index (χ0n) is 16.2. The third-order valence-electron chi connectivity index (χ3n) is 4.92. The number of nitrogens with one attached hydrogen (secondary N) is 1. The predicted molar refractivity (Wildman–Crippen MR) is 106 cm³/mol. The van der Waals surface area contributed by atoms with Gasteiger partial charge in [0.25, 0.3) is 5.91 Å². The Morgan fingerprint density at radius 3 is 2.38 bits per heavy atom. The number of benzene rings is 2. The van der Waals surface area contributed by atoms with Gasteiger partial charge in [-0.15, -0.1) is 0 Å². The summed E-state index contributed by atoms with van der Waals surface area (Å²) in [5, 5.41) is 2.82. The van der Waals surface area contributed by atoms with Gasteiger partial charge in [-0.2, -0.15) is 0 Å². The van der Waals surface area contributed by atoms with E-state index in [-0.39, 0.29) is 30.2 Å². The molecule has 0 saturated carbocycles. The maximum Gasteiger partial charge on any atom is 0.340 e. The molecule has 1 N–H and O–H groups in total. The van der Waals surface area contributed by atoms with Gasteiger partial charge < -0.3 is 15.0 Å². The SMILES string of the molecule is CCOC(=O)c1ccccc1NC(=O)C1CCN(C(=O)c2ccc(F)cc2)CC1. The molecule has 2 amide bonds. The van der Waals surface area contributed by atoms with Gasteiger partial charge in [0.15, 0.2) is 0 Å². The van der Waals surface area contributed by atoms with E-state index >= 15 is 0 Å². The van der Waals surface area contributed by atoms with Crippen LogP contribution in [0.2, 0.25) is 0 Å². The molecule has 7 heteroatoms. The van der Waals surface area contributed by atoms with Crippen LogP contribution in [0.1, 0.15) is 40.5 Å². The van der Waals surface area contributed by atoms with E-state index < -0.39 is 5.97 Å². The van der Waals surface area contributed by atoms with Crippen molar-refractivity contribution in [1.82, 2.24) is 4.90 Å². The normalized spacial score (nSPS) is 14.3. The Morgan fingerprint density at radius 2 is 1.72 bits per heavy atom. The molecule has 1 fully saturated rings. The van der Waals surface area contributed by atoms with Crippen molar-refractivity contribution in [3.05, 3.63) is 65.5 Å². The van der Waals surface area contributed by atoms with Crippen LogP contribution >= 0.6 is 0 Å². The predicted octanol–water partition coefficient (Wildman–Crippen LogP) is 3.49. The fourth-order valence-corrected chi connectivity index (χ4v) is 3.33. The van der Waals surface area contributed by atoms with Crippen LogP contribution in [0.25, 0.3) is 0 Å². The summed E-state index contributed by atoms with van der Waals surface area (Å²) < 4.78 is 18.1. The zero-order chi connectivity index (χ0) is 20.8. The molecular weight excluding hydrogens is 375 g/mol. The van der Waals surface area contributed by atoms with Crippen LogP contribution in [-0.2, 0) is 9.53 Å². The molecule has 0 spiro atoms. The second-order valence-corrected chi connectivity index (χ2v) is 6.83. The molecule has 1 saturated heterocycles. The third kappa shape index (κ3) is 4.99. The van der Waals surface area contributed by atoms with E-state index in [4.69, 9.17) is 4.74 Å². The smallest absolute Gasteiger partial charge is 0.340 e. The summed E-state index contributed by atoms with van der Waals surface area (Å²) in [6.45, 7) is 2.85. The van der Waals surface area contributed by atoms with Gasteiger partial charge in [0, 0.05) is 24.6 Å². The molecule has 2 aromatic carbocycles. The number of likely N-dealkylation sites (tertiary alicyclic amines) is 1. The largest absolute Gasteiger partial charge is 0.462 e. The van der Waals surface area contributed by atoms with E-state index in [1.54, 1.807) is 36.1 Å². The van der Waals surface area contributed by atoms with Crippen molar-refractivity contribution in [2.45, 2.75) is 19.8 Å². The minimum atomic E-state index is -0.483. The van der Waals surface area contributed by atoms with Gasteiger partial charge in [0.1, 0.15) is 5.82 Å². The Balaban J connectivity index is 1.59. The number of hydrogen-bond acceptors (Lipinski definition) is 4. The van der Waals surface area contributed by atoms with Crippen molar-refractivity contribution in [2.75, 3.05) is 25.0 Å². The summed E-state index contributed by atoms with van der Waals surface area (Å²) in [4.78, 5) is 38.9. The highest BCUT2D eigenvalue weighted by molar-refractivity contribution is 6.02. The van der Waals surface area contributed by atoms with Crippen molar-refractivity contribution in [3.8, 4) is 0 Å². The number of hydrogen-bond donors (Lipinski definition) is 1. The number of carbonyl (C=O) groups is 3. The Morgan fingerprint density at radius 1 is 1.07 bits per heavy atom. The number of piperidine rings is 1. The van der Waals surface area contributed by atoms with E-state index in [0.717, 1.165) is 0 Å². The van der Waals surface area contributed by atoms with Crippen LogP contribution in [0.5, 0.6) is 0 Å². The Bertz CT molecular complexity index is 890. The minimum absolute atomic E-state index is 0.170. The van der Waals surface area contributed by atoms with Crippen LogP contribution in [0, 0.1) is 11.7 Å². The zero-order valence-corrected chi connectivity index (χ0v) is 16.2. The first kappa shape index (κ1) is 20.5. The van der Waals surface area contributed by atoms with Crippen molar-refractivity contribution in [3.63, 3.8) is 0 Å². The maximum absolute atomic E-state index is 13.0. The second-order valence-electron chi connectivity index (χ2n) is 6.83. The summed E-state index contributed by atoms with van der Waals surface area (Å²) >= 11 is 0. The van der Waals surface area contributed by atoms with Gasteiger partial charge in [-0.1, -0.05) is 12.1 Å². The molecule has 29 heavy (non-hydrogen) atoms. The highest BCUT2D eigenvalue weighted by atomic mass is 19.1. The standard InChI is InChI=1S/C22H23FN2O4/c1-2-29-22(28)18-5-3-4-6-19(18)24-20(26)15-11-13-25(14-12-15)21(27)16-7-9-17(23)10-8-16/h3-10,15H,2,11-14H2,1H3,(H,24,26). The Kier molecular flexibility index (Phi) is 6.59. The highest BCUT2D eigenvalue weighted by Crippen LogP contribution is 2.23. The lowest BCUT2D eigenvalue weighted by Gasteiger charge is -2.31. The minimum Gasteiger partial charge on any atom is -0.462 e. The van der Waals surface area contributed by atoms with Crippen LogP contribution in [0.3, 0.4) is 0 Å². The number of rotatable bonds is 5. The Hall–Kier alpha value is -3.22. The lowest BCUT2D eigenvalue weighted by molar-refractivity contribution is -0.121. The quantitative estimate of drug-likeness (QED) is 0.783. The summed E-state index contributed by atoms with van der Waals surface area (Å²) in [5.41, 5.74) is 1.16. The topological polar surface area (TPSA) is 75.7 Å².